The van der Waals surface area contributed by atoms with Gasteiger partial charge in [0.15, 0.2) is 0 Å². The maximum absolute atomic E-state index is 12.3. The molecule has 1 aromatic rings. The number of likely N-dealkylation sites (tertiary alicyclic amines) is 1. The Morgan fingerprint density at radius 2 is 2.04 bits per heavy atom. The van der Waals surface area contributed by atoms with Crippen LogP contribution in [0.4, 0.5) is 4.79 Å². The highest BCUT2D eigenvalue weighted by Gasteiger charge is 2.24. The fourth-order valence-corrected chi connectivity index (χ4v) is 2.76. The minimum absolute atomic E-state index is 0.0362. The van der Waals surface area contributed by atoms with E-state index in [1.54, 1.807) is 30.0 Å². The minimum atomic E-state index is -0.292. The normalized spacial score (nSPS) is 15.2. The second-order valence-electron chi connectivity index (χ2n) is 5.28. The lowest BCUT2D eigenvalue weighted by atomic mass is 10.0. The standard InChI is InChI=1S/C16H21ClN2O4/c1-3-23-16(21)19-8-6-12(7-9-19)18-15(20)11-4-5-14(22-2)13(17)10-11/h4-5,10,12H,3,6-9H2,1-2H3,(H,18,20). The molecule has 1 aromatic carbocycles. The molecular formula is C16H21ClN2O4. The molecule has 1 heterocycles. The Kier molecular flexibility index (Phi) is 6.10. The van der Waals surface area contributed by atoms with Crippen molar-refractivity contribution in [2.24, 2.45) is 0 Å². The van der Waals surface area contributed by atoms with Crippen LogP contribution in [0.1, 0.15) is 30.1 Å². The Morgan fingerprint density at radius 3 is 2.61 bits per heavy atom. The summed E-state index contributed by atoms with van der Waals surface area (Å²) in [5.74, 6) is 0.357. The zero-order chi connectivity index (χ0) is 16.8. The van der Waals surface area contributed by atoms with Gasteiger partial charge in [-0.3, -0.25) is 4.79 Å². The van der Waals surface area contributed by atoms with E-state index in [-0.39, 0.29) is 18.0 Å². The zero-order valence-electron chi connectivity index (χ0n) is 13.3. The van der Waals surface area contributed by atoms with E-state index in [9.17, 15) is 9.59 Å². The van der Waals surface area contributed by atoms with E-state index in [1.165, 1.54) is 7.11 Å². The number of nitrogens with one attached hydrogen (secondary N) is 1. The molecule has 1 N–H and O–H groups in total. The van der Waals surface area contributed by atoms with Crippen molar-refractivity contribution in [3.63, 3.8) is 0 Å². The summed E-state index contributed by atoms with van der Waals surface area (Å²) in [5.41, 5.74) is 0.489. The summed E-state index contributed by atoms with van der Waals surface area (Å²) >= 11 is 6.04. The van der Waals surface area contributed by atoms with Crippen LogP contribution >= 0.6 is 11.6 Å². The van der Waals surface area contributed by atoms with Gasteiger partial charge in [0.05, 0.1) is 18.7 Å². The number of hydrogen-bond donors (Lipinski definition) is 1. The smallest absolute Gasteiger partial charge is 0.409 e. The topological polar surface area (TPSA) is 67.9 Å². The van der Waals surface area contributed by atoms with Crippen molar-refractivity contribution in [3.8, 4) is 5.75 Å². The average molecular weight is 341 g/mol. The van der Waals surface area contributed by atoms with E-state index in [1.807, 2.05) is 0 Å². The predicted octanol–water partition coefficient (Wildman–Crippen LogP) is 2.70. The number of methoxy groups -OCH3 is 1. The molecule has 6 nitrogen and oxygen atoms in total. The van der Waals surface area contributed by atoms with Crippen LogP contribution in [0.2, 0.25) is 5.02 Å². The van der Waals surface area contributed by atoms with Crippen molar-refractivity contribution in [1.29, 1.82) is 0 Å². The maximum Gasteiger partial charge on any atom is 0.409 e. The van der Waals surface area contributed by atoms with Gasteiger partial charge in [-0.25, -0.2) is 4.79 Å². The molecular weight excluding hydrogens is 320 g/mol. The molecule has 2 rings (SSSR count). The molecule has 23 heavy (non-hydrogen) atoms. The molecule has 0 aliphatic carbocycles. The van der Waals surface area contributed by atoms with Gasteiger partial charge in [0.2, 0.25) is 0 Å². The van der Waals surface area contributed by atoms with Gasteiger partial charge in [-0.05, 0) is 38.0 Å². The summed E-state index contributed by atoms with van der Waals surface area (Å²) in [6.45, 7) is 3.30. The molecule has 0 atom stereocenters. The van der Waals surface area contributed by atoms with E-state index in [2.05, 4.69) is 5.32 Å². The van der Waals surface area contributed by atoms with Crippen molar-refractivity contribution in [2.75, 3.05) is 26.8 Å². The first-order valence-electron chi connectivity index (χ1n) is 7.61. The fourth-order valence-electron chi connectivity index (χ4n) is 2.50. The molecule has 2 amide bonds. The van der Waals surface area contributed by atoms with Gasteiger partial charge in [0, 0.05) is 24.7 Å². The number of amides is 2. The van der Waals surface area contributed by atoms with Gasteiger partial charge in [0.1, 0.15) is 5.75 Å². The first kappa shape index (κ1) is 17.4. The highest BCUT2D eigenvalue weighted by molar-refractivity contribution is 6.32. The number of carbonyl (C=O) groups is 2. The monoisotopic (exact) mass is 340 g/mol. The third-order valence-electron chi connectivity index (χ3n) is 3.77. The second kappa shape index (κ2) is 8.06. The van der Waals surface area contributed by atoms with Crippen molar-refractivity contribution in [2.45, 2.75) is 25.8 Å². The zero-order valence-corrected chi connectivity index (χ0v) is 14.1. The number of hydrogen-bond acceptors (Lipinski definition) is 4. The van der Waals surface area contributed by atoms with Crippen LogP contribution in [0.15, 0.2) is 18.2 Å². The number of benzene rings is 1. The summed E-state index contributed by atoms with van der Waals surface area (Å²) in [6, 6.07) is 4.96. The van der Waals surface area contributed by atoms with E-state index < -0.39 is 0 Å². The Balaban J connectivity index is 1.87. The Bertz CT molecular complexity index is 571. The van der Waals surface area contributed by atoms with Crippen molar-refractivity contribution in [1.82, 2.24) is 10.2 Å². The molecule has 0 spiro atoms. The summed E-state index contributed by atoms with van der Waals surface area (Å²) in [5, 5.41) is 3.37. The van der Waals surface area contributed by atoms with Crippen molar-refractivity contribution in [3.05, 3.63) is 28.8 Å². The fraction of sp³-hybridized carbons (Fsp3) is 0.500. The van der Waals surface area contributed by atoms with Gasteiger partial charge >= 0.3 is 6.09 Å². The SMILES string of the molecule is CCOC(=O)N1CCC(NC(=O)c2ccc(OC)c(Cl)c2)CC1. The Hall–Kier alpha value is -1.95. The number of rotatable bonds is 4. The summed E-state index contributed by atoms with van der Waals surface area (Å²) < 4.78 is 10.0. The van der Waals surface area contributed by atoms with Gasteiger partial charge in [-0.15, -0.1) is 0 Å². The van der Waals surface area contributed by atoms with E-state index in [0.29, 0.717) is 48.9 Å². The first-order chi connectivity index (χ1) is 11.0. The summed E-state index contributed by atoms with van der Waals surface area (Å²) in [4.78, 5) is 25.6. The molecule has 0 bridgehead atoms. The molecule has 1 saturated heterocycles. The van der Waals surface area contributed by atoms with E-state index in [0.717, 1.165) is 0 Å². The van der Waals surface area contributed by atoms with Crippen LogP contribution in [0, 0.1) is 0 Å². The Labute approximate surface area is 140 Å². The molecule has 0 aromatic heterocycles. The lowest BCUT2D eigenvalue weighted by molar-refractivity contribution is 0.0860. The van der Waals surface area contributed by atoms with Gasteiger partial charge in [0.25, 0.3) is 5.91 Å². The quantitative estimate of drug-likeness (QED) is 0.915. The molecule has 7 heteroatoms. The lowest BCUT2D eigenvalue weighted by Crippen LogP contribution is -2.46. The van der Waals surface area contributed by atoms with E-state index in [4.69, 9.17) is 21.1 Å². The van der Waals surface area contributed by atoms with Crippen LogP contribution in [0.5, 0.6) is 5.75 Å². The molecule has 1 aliphatic rings. The number of nitrogens with zero attached hydrogens (tertiary/aromatic N) is 1. The summed E-state index contributed by atoms with van der Waals surface area (Å²) in [6.07, 6.45) is 1.11. The number of carbonyl (C=O) groups excluding carboxylic acids is 2. The second-order valence-corrected chi connectivity index (χ2v) is 5.69. The lowest BCUT2D eigenvalue weighted by Gasteiger charge is -2.31. The molecule has 126 valence electrons. The van der Waals surface area contributed by atoms with Crippen LogP contribution in [-0.2, 0) is 4.74 Å². The largest absolute Gasteiger partial charge is 0.495 e. The minimum Gasteiger partial charge on any atom is -0.495 e. The molecule has 0 radical (unpaired) electrons. The highest BCUT2D eigenvalue weighted by Crippen LogP contribution is 2.25. The van der Waals surface area contributed by atoms with Crippen LogP contribution < -0.4 is 10.1 Å². The van der Waals surface area contributed by atoms with Crippen molar-refractivity contribution < 1.29 is 19.1 Å². The number of piperidine rings is 1. The van der Waals surface area contributed by atoms with Crippen LogP contribution in [-0.4, -0.2) is 49.7 Å². The third-order valence-corrected chi connectivity index (χ3v) is 4.07. The number of halogens is 1. The molecule has 0 saturated carbocycles. The van der Waals surface area contributed by atoms with Gasteiger partial charge < -0.3 is 19.7 Å². The van der Waals surface area contributed by atoms with Crippen LogP contribution in [0.25, 0.3) is 0 Å². The van der Waals surface area contributed by atoms with Gasteiger partial charge in [-0.1, -0.05) is 11.6 Å². The first-order valence-corrected chi connectivity index (χ1v) is 7.99. The predicted molar refractivity (Wildman–Crippen MR) is 87.1 cm³/mol. The number of ether oxygens (including phenoxy) is 2. The highest BCUT2D eigenvalue weighted by atomic mass is 35.5. The molecule has 0 unspecified atom stereocenters. The van der Waals surface area contributed by atoms with Gasteiger partial charge in [-0.2, -0.15) is 0 Å². The molecule has 1 aliphatic heterocycles. The molecule has 1 fully saturated rings. The van der Waals surface area contributed by atoms with E-state index >= 15 is 0 Å². The van der Waals surface area contributed by atoms with Crippen molar-refractivity contribution >= 4 is 23.6 Å². The van der Waals surface area contributed by atoms with Crippen LogP contribution in [0.3, 0.4) is 0 Å². The third kappa shape index (κ3) is 4.51. The summed E-state index contributed by atoms with van der Waals surface area (Å²) in [7, 11) is 1.53. The Morgan fingerprint density at radius 1 is 1.35 bits per heavy atom. The maximum atomic E-state index is 12.3. The average Bonchev–Trinajstić information content (AvgIpc) is 2.55.